The van der Waals surface area contributed by atoms with Crippen LogP contribution in [0.25, 0.3) is 0 Å². The Bertz CT molecular complexity index is 302. The van der Waals surface area contributed by atoms with E-state index < -0.39 is 0 Å². The van der Waals surface area contributed by atoms with Crippen LogP contribution >= 0.6 is 0 Å². The summed E-state index contributed by atoms with van der Waals surface area (Å²) in [5.41, 5.74) is 1.64. The minimum absolute atomic E-state index is 0.322. The Labute approximate surface area is 92.1 Å². The second-order valence-corrected chi connectivity index (χ2v) is 5.03. The van der Waals surface area contributed by atoms with Crippen molar-refractivity contribution in [2.45, 2.75) is 38.6 Å². The van der Waals surface area contributed by atoms with Crippen LogP contribution in [0, 0.1) is 5.92 Å². The van der Waals surface area contributed by atoms with Crippen molar-refractivity contribution in [2.24, 2.45) is 5.92 Å². The third kappa shape index (κ3) is 3.03. The largest absolute Gasteiger partial charge is 0.311 e. The zero-order chi connectivity index (χ0) is 10.7. The summed E-state index contributed by atoms with van der Waals surface area (Å²) in [6.07, 6.45) is 7.64. The molecule has 0 saturated heterocycles. The van der Waals surface area contributed by atoms with Crippen molar-refractivity contribution in [1.82, 2.24) is 10.3 Å². The van der Waals surface area contributed by atoms with E-state index >= 15 is 0 Å². The quantitative estimate of drug-likeness (QED) is 0.796. The molecule has 0 unspecified atom stereocenters. The SMILES string of the molecule is CC(C)(NCCc1cccnc1)C1CC1. The molecule has 0 bridgehead atoms. The standard InChI is InChI=1S/C13H20N2/c1-13(2,12-5-6-12)15-9-7-11-4-3-8-14-10-11/h3-4,8,10,12,15H,5-7,9H2,1-2H3. The first kappa shape index (κ1) is 10.6. The van der Waals surface area contributed by atoms with Gasteiger partial charge in [-0.3, -0.25) is 4.98 Å². The van der Waals surface area contributed by atoms with Gasteiger partial charge in [-0.2, -0.15) is 0 Å². The van der Waals surface area contributed by atoms with Gasteiger partial charge in [0.05, 0.1) is 0 Å². The highest BCUT2D eigenvalue weighted by Gasteiger charge is 2.36. The van der Waals surface area contributed by atoms with E-state index in [1.54, 1.807) is 0 Å². The molecular formula is C13H20N2. The monoisotopic (exact) mass is 204 g/mol. The molecule has 0 radical (unpaired) electrons. The van der Waals surface area contributed by atoms with Crippen LogP contribution in [0.2, 0.25) is 0 Å². The topological polar surface area (TPSA) is 24.9 Å². The van der Waals surface area contributed by atoms with E-state index in [4.69, 9.17) is 0 Å². The summed E-state index contributed by atoms with van der Waals surface area (Å²) in [4.78, 5) is 4.12. The predicted molar refractivity (Wildman–Crippen MR) is 62.7 cm³/mol. The van der Waals surface area contributed by atoms with E-state index in [2.05, 4.69) is 30.2 Å². The second-order valence-electron chi connectivity index (χ2n) is 5.03. The van der Waals surface area contributed by atoms with Gasteiger partial charge in [0, 0.05) is 17.9 Å². The van der Waals surface area contributed by atoms with Gasteiger partial charge >= 0.3 is 0 Å². The molecule has 0 atom stereocenters. The lowest BCUT2D eigenvalue weighted by Gasteiger charge is -2.26. The van der Waals surface area contributed by atoms with Gasteiger partial charge in [0.2, 0.25) is 0 Å². The average molecular weight is 204 g/mol. The van der Waals surface area contributed by atoms with E-state index in [1.165, 1.54) is 18.4 Å². The fourth-order valence-corrected chi connectivity index (χ4v) is 2.02. The van der Waals surface area contributed by atoms with Gasteiger partial charge in [0.15, 0.2) is 0 Å². The lowest BCUT2D eigenvalue weighted by molar-refractivity contribution is 0.344. The van der Waals surface area contributed by atoms with Crippen molar-refractivity contribution in [3.8, 4) is 0 Å². The summed E-state index contributed by atoms with van der Waals surface area (Å²) in [7, 11) is 0. The predicted octanol–water partition coefficient (Wildman–Crippen LogP) is 2.40. The third-order valence-corrected chi connectivity index (χ3v) is 3.32. The molecule has 1 aliphatic rings. The number of nitrogens with one attached hydrogen (secondary N) is 1. The van der Waals surface area contributed by atoms with Crippen molar-refractivity contribution < 1.29 is 0 Å². The summed E-state index contributed by atoms with van der Waals surface area (Å²) < 4.78 is 0. The maximum absolute atomic E-state index is 4.12. The maximum Gasteiger partial charge on any atom is 0.0300 e. The van der Waals surface area contributed by atoms with E-state index in [-0.39, 0.29) is 0 Å². The molecule has 1 aromatic heterocycles. The maximum atomic E-state index is 4.12. The zero-order valence-corrected chi connectivity index (χ0v) is 9.66. The first-order chi connectivity index (χ1) is 7.18. The number of hydrogen-bond acceptors (Lipinski definition) is 2. The van der Waals surface area contributed by atoms with E-state index in [0.717, 1.165) is 18.9 Å². The molecule has 1 fully saturated rings. The highest BCUT2D eigenvalue weighted by molar-refractivity contribution is 5.09. The number of aromatic nitrogens is 1. The Morgan fingerprint density at radius 3 is 2.87 bits per heavy atom. The van der Waals surface area contributed by atoms with Gasteiger partial charge in [-0.1, -0.05) is 6.07 Å². The van der Waals surface area contributed by atoms with Crippen LogP contribution in [-0.2, 0) is 6.42 Å². The van der Waals surface area contributed by atoms with Crippen LogP contribution in [0.3, 0.4) is 0 Å². The summed E-state index contributed by atoms with van der Waals surface area (Å²) in [6, 6.07) is 4.14. The Kier molecular flexibility index (Phi) is 3.06. The minimum Gasteiger partial charge on any atom is -0.311 e. The smallest absolute Gasteiger partial charge is 0.0300 e. The Morgan fingerprint density at radius 1 is 1.47 bits per heavy atom. The molecule has 15 heavy (non-hydrogen) atoms. The van der Waals surface area contributed by atoms with Gasteiger partial charge < -0.3 is 5.32 Å². The van der Waals surface area contributed by atoms with Gasteiger partial charge in [-0.15, -0.1) is 0 Å². The average Bonchev–Trinajstić information content (AvgIpc) is 3.02. The normalized spacial score (nSPS) is 16.7. The number of rotatable bonds is 5. The fraction of sp³-hybridized carbons (Fsp3) is 0.615. The molecule has 0 aromatic carbocycles. The van der Waals surface area contributed by atoms with Crippen molar-refractivity contribution in [2.75, 3.05) is 6.54 Å². The molecule has 0 amide bonds. The van der Waals surface area contributed by atoms with E-state index in [9.17, 15) is 0 Å². The Balaban J connectivity index is 1.75. The van der Waals surface area contributed by atoms with Crippen molar-refractivity contribution in [3.63, 3.8) is 0 Å². The van der Waals surface area contributed by atoms with Crippen LogP contribution in [0.1, 0.15) is 32.3 Å². The molecule has 1 aliphatic carbocycles. The highest BCUT2D eigenvalue weighted by Crippen LogP contribution is 2.38. The molecule has 2 rings (SSSR count). The van der Waals surface area contributed by atoms with Gasteiger partial charge in [-0.25, -0.2) is 0 Å². The van der Waals surface area contributed by atoms with Crippen LogP contribution < -0.4 is 5.32 Å². The molecular weight excluding hydrogens is 184 g/mol. The number of pyridine rings is 1. The lowest BCUT2D eigenvalue weighted by atomic mass is 9.98. The summed E-state index contributed by atoms with van der Waals surface area (Å²) in [5, 5.41) is 3.64. The molecule has 2 nitrogen and oxygen atoms in total. The van der Waals surface area contributed by atoms with Gasteiger partial charge in [0.25, 0.3) is 0 Å². The number of nitrogens with zero attached hydrogens (tertiary/aromatic N) is 1. The molecule has 1 N–H and O–H groups in total. The van der Waals surface area contributed by atoms with E-state index in [0.29, 0.717) is 5.54 Å². The van der Waals surface area contributed by atoms with Crippen LogP contribution in [0.4, 0.5) is 0 Å². The van der Waals surface area contributed by atoms with Crippen LogP contribution in [0.15, 0.2) is 24.5 Å². The van der Waals surface area contributed by atoms with Crippen LogP contribution in [-0.4, -0.2) is 17.1 Å². The zero-order valence-electron chi connectivity index (χ0n) is 9.66. The van der Waals surface area contributed by atoms with Crippen molar-refractivity contribution in [1.29, 1.82) is 0 Å². The van der Waals surface area contributed by atoms with Gasteiger partial charge in [0.1, 0.15) is 0 Å². The lowest BCUT2D eigenvalue weighted by Crippen LogP contribution is -2.42. The molecule has 0 aliphatic heterocycles. The highest BCUT2D eigenvalue weighted by atomic mass is 15.0. The molecule has 1 heterocycles. The Hall–Kier alpha value is -0.890. The number of hydrogen-bond donors (Lipinski definition) is 1. The van der Waals surface area contributed by atoms with Gasteiger partial charge in [-0.05, 0) is 57.2 Å². The second kappa shape index (κ2) is 4.31. The molecule has 0 spiro atoms. The summed E-state index contributed by atoms with van der Waals surface area (Å²) in [6.45, 7) is 5.68. The fourth-order valence-electron chi connectivity index (χ4n) is 2.02. The Morgan fingerprint density at radius 2 is 2.27 bits per heavy atom. The summed E-state index contributed by atoms with van der Waals surface area (Å²) >= 11 is 0. The third-order valence-electron chi connectivity index (χ3n) is 3.32. The first-order valence-electron chi connectivity index (χ1n) is 5.82. The molecule has 1 aromatic rings. The van der Waals surface area contributed by atoms with E-state index in [1.807, 2.05) is 18.5 Å². The molecule has 2 heteroatoms. The van der Waals surface area contributed by atoms with Crippen LogP contribution in [0.5, 0.6) is 0 Å². The van der Waals surface area contributed by atoms with Crippen molar-refractivity contribution in [3.05, 3.63) is 30.1 Å². The molecule has 82 valence electrons. The molecule has 1 saturated carbocycles. The minimum atomic E-state index is 0.322. The summed E-state index contributed by atoms with van der Waals surface area (Å²) in [5.74, 6) is 0.895. The van der Waals surface area contributed by atoms with Crippen molar-refractivity contribution >= 4 is 0 Å². The first-order valence-corrected chi connectivity index (χ1v) is 5.82.